The zero-order valence-corrected chi connectivity index (χ0v) is 8.75. The molecule has 1 aromatic rings. The van der Waals surface area contributed by atoms with Crippen molar-refractivity contribution in [3.05, 3.63) is 28.2 Å². The molecule has 0 aromatic heterocycles. The van der Waals surface area contributed by atoms with Gasteiger partial charge in [0.2, 0.25) is 0 Å². The Labute approximate surface area is 91.7 Å². The quantitative estimate of drug-likeness (QED) is 0.377. The Balaban J connectivity index is 2.97. The minimum absolute atomic E-state index is 0.215. The zero-order valence-electron chi connectivity index (χ0n) is 7.17. The Bertz CT molecular complexity index is 423. The molecular formula is C8H5BrF2N2O2. The average Bonchev–Trinajstić information content (AvgIpc) is 2.20. The number of amides is 1. The third-order valence-corrected chi connectivity index (χ3v) is 2.19. The van der Waals surface area contributed by atoms with Crippen LogP contribution in [0.1, 0.15) is 0 Å². The van der Waals surface area contributed by atoms with Crippen LogP contribution in [0.4, 0.5) is 14.5 Å². The van der Waals surface area contributed by atoms with Crippen LogP contribution in [0.3, 0.4) is 0 Å². The second kappa shape index (κ2) is 4.83. The first kappa shape index (κ1) is 11.6. The topological polar surface area (TPSA) is 61.7 Å². The number of oxime groups is 1. The molecule has 1 rings (SSSR count). The Morgan fingerprint density at radius 2 is 2.20 bits per heavy atom. The summed E-state index contributed by atoms with van der Waals surface area (Å²) >= 11 is 2.67. The van der Waals surface area contributed by atoms with E-state index >= 15 is 0 Å². The Hall–Kier alpha value is -1.50. The summed E-state index contributed by atoms with van der Waals surface area (Å²) in [6.07, 6.45) is 0.552. The molecule has 0 atom stereocenters. The molecule has 7 heteroatoms. The molecule has 0 fully saturated rings. The van der Waals surface area contributed by atoms with E-state index in [-0.39, 0.29) is 10.2 Å². The Morgan fingerprint density at radius 3 is 2.80 bits per heavy atom. The van der Waals surface area contributed by atoms with Crippen molar-refractivity contribution in [2.75, 3.05) is 5.32 Å². The van der Waals surface area contributed by atoms with Gasteiger partial charge in [0.05, 0.1) is 10.2 Å². The van der Waals surface area contributed by atoms with E-state index in [0.717, 1.165) is 12.1 Å². The lowest BCUT2D eigenvalue weighted by Gasteiger charge is -2.05. The largest absolute Gasteiger partial charge is 0.411 e. The van der Waals surface area contributed by atoms with Gasteiger partial charge in [0.15, 0.2) is 5.82 Å². The fourth-order valence-electron chi connectivity index (χ4n) is 0.840. The van der Waals surface area contributed by atoms with Crippen LogP contribution in [-0.4, -0.2) is 17.3 Å². The molecule has 0 bridgehead atoms. The highest BCUT2D eigenvalue weighted by Gasteiger charge is 2.12. The van der Waals surface area contributed by atoms with Crippen molar-refractivity contribution in [3.8, 4) is 0 Å². The van der Waals surface area contributed by atoms with Gasteiger partial charge in [0, 0.05) is 0 Å². The van der Waals surface area contributed by atoms with Crippen LogP contribution in [0, 0.1) is 11.6 Å². The highest BCUT2D eigenvalue weighted by molar-refractivity contribution is 9.10. The van der Waals surface area contributed by atoms with Gasteiger partial charge in [0.1, 0.15) is 12.0 Å². The van der Waals surface area contributed by atoms with Gasteiger partial charge in [-0.15, -0.1) is 0 Å². The molecule has 1 amide bonds. The number of hydrogen-bond acceptors (Lipinski definition) is 3. The summed E-state index contributed by atoms with van der Waals surface area (Å²) in [5, 5.41) is 12.5. The van der Waals surface area contributed by atoms with E-state index in [4.69, 9.17) is 5.21 Å². The molecule has 0 saturated carbocycles. The molecule has 0 radical (unpaired) electrons. The summed E-state index contributed by atoms with van der Waals surface area (Å²) in [5.41, 5.74) is -0.215. The molecule has 0 saturated heterocycles. The first-order chi connectivity index (χ1) is 7.06. The van der Waals surface area contributed by atoms with E-state index in [0.29, 0.717) is 6.21 Å². The predicted octanol–water partition coefficient (Wildman–Crippen LogP) is 2.13. The van der Waals surface area contributed by atoms with Crippen molar-refractivity contribution >= 4 is 33.7 Å². The summed E-state index contributed by atoms with van der Waals surface area (Å²) in [7, 11) is 0. The van der Waals surface area contributed by atoms with Crippen molar-refractivity contribution in [2.24, 2.45) is 5.16 Å². The second-order valence-corrected chi connectivity index (χ2v) is 3.25. The molecule has 80 valence electrons. The highest BCUT2D eigenvalue weighted by Crippen LogP contribution is 2.25. The molecule has 0 aliphatic carbocycles. The Kier molecular flexibility index (Phi) is 3.73. The average molecular weight is 279 g/mol. The number of rotatable bonds is 2. The molecule has 2 N–H and O–H groups in total. The summed E-state index contributed by atoms with van der Waals surface area (Å²) in [4.78, 5) is 10.9. The molecular weight excluding hydrogens is 274 g/mol. The fraction of sp³-hybridized carbons (Fsp3) is 0. The maximum absolute atomic E-state index is 13.3. The van der Waals surface area contributed by atoms with Gasteiger partial charge in [-0.1, -0.05) is 5.16 Å². The summed E-state index contributed by atoms with van der Waals surface area (Å²) in [5.74, 6) is -2.54. The van der Waals surface area contributed by atoms with Crippen LogP contribution in [0.5, 0.6) is 0 Å². The first-order valence-electron chi connectivity index (χ1n) is 3.68. The molecule has 0 aliphatic rings. The molecule has 0 unspecified atom stereocenters. The van der Waals surface area contributed by atoms with E-state index in [9.17, 15) is 13.6 Å². The van der Waals surface area contributed by atoms with E-state index < -0.39 is 17.5 Å². The number of hydrogen-bond donors (Lipinski definition) is 2. The highest BCUT2D eigenvalue weighted by atomic mass is 79.9. The zero-order chi connectivity index (χ0) is 11.4. The van der Waals surface area contributed by atoms with Gasteiger partial charge in [-0.2, -0.15) is 0 Å². The van der Waals surface area contributed by atoms with Crippen LogP contribution >= 0.6 is 15.9 Å². The van der Waals surface area contributed by atoms with Gasteiger partial charge < -0.3 is 10.5 Å². The number of anilines is 1. The van der Waals surface area contributed by atoms with E-state index in [1.165, 1.54) is 0 Å². The lowest BCUT2D eigenvalue weighted by molar-refractivity contribution is -0.110. The predicted molar refractivity (Wildman–Crippen MR) is 53.0 cm³/mol. The number of benzene rings is 1. The minimum atomic E-state index is -0.935. The van der Waals surface area contributed by atoms with Crippen molar-refractivity contribution in [1.82, 2.24) is 0 Å². The number of halogens is 3. The Morgan fingerprint density at radius 1 is 1.53 bits per heavy atom. The lowest BCUT2D eigenvalue weighted by Crippen LogP contribution is -2.14. The molecule has 4 nitrogen and oxygen atoms in total. The molecule has 0 aliphatic heterocycles. The number of carbonyl (C=O) groups is 1. The molecule has 1 aromatic carbocycles. The van der Waals surface area contributed by atoms with Crippen LogP contribution in [0.15, 0.2) is 21.8 Å². The number of carbonyl (C=O) groups excluding carboxylic acids is 1. The lowest BCUT2D eigenvalue weighted by atomic mass is 10.3. The third-order valence-electron chi connectivity index (χ3n) is 1.47. The van der Waals surface area contributed by atoms with Crippen LogP contribution in [0.2, 0.25) is 0 Å². The van der Waals surface area contributed by atoms with Crippen LogP contribution < -0.4 is 5.32 Å². The van der Waals surface area contributed by atoms with Crippen molar-refractivity contribution in [3.63, 3.8) is 0 Å². The SMILES string of the molecule is O=C(C=NO)Nc1ccc(F)c(Br)c1F. The van der Waals surface area contributed by atoms with Gasteiger partial charge in [-0.05, 0) is 28.1 Å². The first-order valence-corrected chi connectivity index (χ1v) is 4.47. The van der Waals surface area contributed by atoms with E-state index in [1.807, 2.05) is 0 Å². The van der Waals surface area contributed by atoms with Gasteiger partial charge in [-0.3, -0.25) is 4.79 Å². The summed E-state index contributed by atoms with van der Waals surface area (Å²) in [6, 6.07) is 2.04. The standard InChI is InChI=1S/C8H5BrF2N2O2/c9-7-4(10)1-2-5(8(7)11)13-6(14)3-12-15/h1-3,15H,(H,13,14). The van der Waals surface area contributed by atoms with Gasteiger partial charge >= 0.3 is 0 Å². The second-order valence-electron chi connectivity index (χ2n) is 2.46. The van der Waals surface area contributed by atoms with Gasteiger partial charge in [-0.25, -0.2) is 8.78 Å². The van der Waals surface area contributed by atoms with E-state index in [2.05, 4.69) is 26.4 Å². The number of nitrogens with zero attached hydrogens (tertiary/aromatic N) is 1. The normalized spacial score (nSPS) is 10.6. The van der Waals surface area contributed by atoms with Crippen LogP contribution in [0.25, 0.3) is 0 Å². The number of nitrogens with one attached hydrogen (secondary N) is 1. The van der Waals surface area contributed by atoms with Crippen LogP contribution in [-0.2, 0) is 4.79 Å². The smallest absolute Gasteiger partial charge is 0.270 e. The van der Waals surface area contributed by atoms with Crippen molar-refractivity contribution in [1.29, 1.82) is 0 Å². The van der Waals surface area contributed by atoms with Gasteiger partial charge in [0.25, 0.3) is 5.91 Å². The molecule has 0 spiro atoms. The molecule has 15 heavy (non-hydrogen) atoms. The van der Waals surface area contributed by atoms with Crippen molar-refractivity contribution in [2.45, 2.75) is 0 Å². The third kappa shape index (κ3) is 2.72. The summed E-state index contributed by atoms with van der Waals surface area (Å²) in [6.45, 7) is 0. The minimum Gasteiger partial charge on any atom is -0.411 e. The monoisotopic (exact) mass is 278 g/mol. The maximum atomic E-state index is 13.3. The van der Waals surface area contributed by atoms with Crippen molar-refractivity contribution < 1.29 is 18.8 Å². The maximum Gasteiger partial charge on any atom is 0.270 e. The molecule has 0 heterocycles. The fourth-order valence-corrected chi connectivity index (χ4v) is 1.19. The summed E-state index contributed by atoms with van der Waals surface area (Å²) < 4.78 is 25.7. The van der Waals surface area contributed by atoms with E-state index in [1.54, 1.807) is 0 Å².